The molecule has 3 aromatic heterocycles. The van der Waals surface area contributed by atoms with Crippen LogP contribution in [0.1, 0.15) is 37.4 Å². The summed E-state index contributed by atoms with van der Waals surface area (Å²) < 4.78 is 27.1. The molecular weight excluding hydrogens is 493 g/mol. The minimum Gasteiger partial charge on any atom is -0.492 e. The summed E-state index contributed by atoms with van der Waals surface area (Å²) in [5, 5.41) is 0.628. The number of fused-ring (bicyclic) bond motifs is 1. The Hall–Kier alpha value is -2.91. The van der Waals surface area contributed by atoms with Crippen molar-refractivity contribution < 1.29 is 18.7 Å². The summed E-state index contributed by atoms with van der Waals surface area (Å²) in [7, 11) is -3.93. The fraction of sp³-hybridized carbons (Fsp3) is 0.348. The van der Waals surface area contributed by atoms with Crippen LogP contribution in [0, 0.1) is 0 Å². The van der Waals surface area contributed by atoms with Crippen molar-refractivity contribution in [2.75, 3.05) is 6.61 Å². The molecule has 4 aromatic rings. The number of imidazole rings is 1. The van der Waals surface area contributed by atoms with Crippen LogP contribution in [-0.4, -0.2) is 41.5 Å². The molecule has 1 saturated carbocycles. The lowest BCUT2D eigenvalue weighted by Crippen LogP contribution is -2.24. The lowest BCUT2D eigenvalue weighted by molar-refractivity contribution is 0.123. The van der Waals surface area contributed by atoms with Gasteiger partial charge in [0.15, 0.2) is 11.2 Å². The van der Waals surface area contributed by atoms with Gasteiger partial charge < -0.3 is 19.2 Å². The van der Waals surface area contributed by atoms with E-state index in [0.29, 0.717) is 60.8 Å². The average Bonchev–Trinajstić information content (AvgIpc) is 3.51. The number of halogens is 1. The highest BCUT2D eigenvalue weighted by atomic mass is 35.5. The molecule has 1 aliphatic carbocycles. The number of benzene rings is 1. The first-order valence-electron chi connectivity index (χ1n) is 11.4. The number of nitrogens with zero attached hydrogens (tertiary/aromatic N) is 4. The Kier molecular flexibility index (Phi) is 6.80. The van der Waals surface area contributed by atoms with Crippen molar-refractivity contribution >= 4 is 30.5 Å². The Morgan fingerprint density at radius 1 is 1.14 bits per heavy atom. The molecule has 0 bridgehead atoms. The second-order valence-corrected chi connectivity index (χ2v) is 10.6. The van der Waals surface area contributed by atoms with Crippen LogP contribution in [-0.2, 0) is 15.6 Å². The van der Waals surface area contributed by atoms with Crippen LogP contribution < -0.4 is 10.3 Å². The van der Waals surface area contributed by atoms with Crippen molar-refractivity contribution in [3.05, 3.63) is 76.3 Å². The zero-order valence-corrected chi connectivity index (χ0v) is 20.4. The lowest BCUT2D eigenvalue weighted by atomic mass is 9.87. The third kappa shape index (κ3) is 5.21. The van der Waals surface area contributed by atoms with E-state index in [9.17, 15) is 14.3 Å². The maximum Gasteiger partial charge on any atom is 0.436 e. The van der Waals surface area contributed by atoms with Crippen LogP contribution in [0.15, 0.2) is 59.9 Å². The van der Waals surface area contributed by atoms with Gasteiger partial charge in [0.2, 0.25) is 0 Å². The molecule has 1 unspecified atom stereocenters. The normalized spacial score (nSPS) is 20.1. The first-order chi connectivity index (χ1) is 16.9. The monoisotopic (exact) mass is 517 g/mol. The number of ether oxygens (including phenoxy) is 1. The summed E-state index contributed by atoms with van der Waals surface area (Å²) in [6.07, 6.45) is 6.66. The van der Waals surface area contributed by atoms with E-state index in [1.165, 1.54) is 23.1 Å². The molecule has 0 radical (unpaired) electrons. The summed E-state index contributed by atoms with van der Waals surface area (Å²) in [4.78, 5) is 34.5. The Labute approximate surface area is 206 Å². The predicted octanol–water partition coefficient (Wildman–Crippen LogP) is 4.35. The average molecular weight is 518 g/mol. The minimum absolute atomic E-state index is 0.0589. The van der Waals surface area contributed by atoms with Crippen LogP contribution >= 0.6 is 19.3 Å². The van der Waals surface area contributed by atoms with Gasteiger partial charge in [-0.1, -0.05) is 11.6 Å². The van der Waals surface area contributed by atoms with Crippen molar-refractivity contribution in [3.63, 3.8) is 0 Å². The Balaban J connectivity index is 1.31. The zero-order valence-electron chi connectivity index (χ0n) is 18.8. The molecule has 2 N–H and O–H groups in total. The van der Waals surface area contributed by atoms with Gasteiger partial charge in [0.1, 0.15) is 18.2 Å². The second kappa shape index (κ2) is 9.99. The van der Waals surface area contributed by atoms with E-state index in [4.69, 9.17) is 20.9 Å². The van der Waals surface area contributed by atoms with E-state index in [-0.39, 0.29) is 17.6 Å². The highest BCUT2D eigenvalue weighted by molar-refractivity contribution is 7.51. The molecule has 0 spiro atoms. The fourth-order valence-electron chi connectivity index (χ4n) is 4.48. The van der Waals surface area contributed by atoms with Crippen LogP contribution in [0.5, 0.6) is 5.75 Å². The Morgan fingerprint density at radius 2 is 1.86 bits per heavy atom. The van der Waals surface area contributed by atoms with Gasteiger partial charge in [-0.2, -0.15) is 0 Å². The molecule has 0 aliphatic heterocycles. The SMILES string of the molecule is O=c1[nH]cnc2nc([C@H]3CC[C@H](OP(=O)(O)n4cccc4)CC3)n(CCOc3ccc(Cl)cc3)c12. The Bertz CT molecular complexity index is 1390. The van der Waals surface area contributed by atoms with Gasteiger partial charge in [-0.3, -0.25) is 13.7 Å². The molecule has 12 heteroatoms. The standard InChI is InChI=1S/C23H25ClN5O5P/c24-17-5-9-18(10-6-17)33-14-13-29-20-21(25-15-26-23(20)30)27-22(29)16-3-7-19(8-4-16)34-35(31,32)28-11-1-2-12-28/h1-2,5-6,9-12,15-16,19H,3-4,7-8,13-14H2,(H,31,32)(H,25,26,30)/t16-,19-. The van der Waals surface area contributed by atoms with Gasteiger partial charge in [-0.25, -0.2) is 14.5 Å². The molecule has 3 heterocycles. The largest absolute Gasteiger partial charge is 0.492 e. The van der Waals surface area contributed by atoms with E-state index < -0.39 is 7.75 Å². The molecule has 35 heavy (non-hydrogen) atoms. The molecule has 1 fully saturated rings. The summed E-state index contributed by atoms with van der Waals surface area (Å²) in [6, 6.07) is 10.5. The summed E-state index contributed by atoms with van der Waals surface area (Å²) >= 11 is 5.94. The highest BCUT2D eigenvalue weighted by Gasteiger charge is 2.32. The minimum atomic E-state index is -3.93. The number of aromatic amines is 1. The van der Waals surface area contributed by atoms with Gasteiger partial charge in [0.05, 0.1) is 19.0 Å². The van der Waals surface area contributed by atoms with Gasteiger partial charge in [-0.05, 0) is 62.1 Å². The van der Waals surface area contributed by atoms with E-state index >= 15 is 0 Å². The van der Waals surface area contributed by atoms with Crippen molar-refractivity contribution in [1.29, 1.82) is 0 Å². The van der Waals surface area contributed by atoms with Crippen LogP contribution in [0.4, 0.5) is 0 Å². The molecule has 1 atom stereocenters. The number of hydrogen-bond donors (Lipinski definition) is 2. The van der Waals surface area contributed by atoms with E-state index in [2.05, 4.69) is 15.0 Å². The molecule has 5 rings (SSSR count). The molecule has 184 valence electrons. The van der Waals surface area contributed by atoms with Crippen molar-refractivity contribution in [2.24, 2.45) is 0 Å². The first-order valence-corrected chi connectivity index (χ1v) is 13.3. The van der Waals surface area contributed by atoms with Gasteiger partial charge in [0, 0.05) is 23.3 Å². The topological polar surface area (TPSA) is 124 Å². The van der Waals surface area contributed by atoms with Crippen molar-refractivity contribution in [1.82, 2.24) is 23.9 Å². The first kappa shape index (κ1) is 23.8. The van der Waals surface area contributed by atoms with E-state index in [0.717, 1.165) is 5.82 Å². The molecule has 1 aliphatic rings. The second-order valence-electron chi connectivity index (χ2n) is 8.46. The smallest absolute Gasteiger partial charge is 0.436 e. The van der Waals surface area contributed by atoms with Crippen LogP contribution in [0.25, 0.3) is 11.2 Å². The molecule has 10 nitrogen and oxygen atoms in total. The highest BCUT2D eigenvalue weighted by Crippen LogP contribution is 2.48. The van der Waals surface area contributed by atoms with Crippen molar-refractivity contribution in [3.8, 4) is 5.75 Å². The van der Waals surface area contributed by atoms with Crippen LogP contribution in [0.2, 0.25) is 5.02 Å². The molecule has 0 saturated heterocycles. The summed E-state index contributed by atoms with van der Waals surface area (Å²) in [6.45, 7) is 0.747. The van der Waals surface area contributed by atoms with Crippen molar-refractivity contribution in [2.45, 2.75) is 44.2 Å². The maximum atomic E-state index is 12.6. The predicted molar refractivity (Wildman–Crippen MR) is 131 cm³/mol. The van der Waals surface area contributed by atoms with E-state index in [1.807, 2.05) is 4.57 Å². The van der Waals surface area contributed by atoms with Gasteiger partial charge in [-0.15, -0.1) is 0 Å². The number of rotatable bonds is 8. The quantitative estimate of drug-likeness (QED) is 0.333. The van der Waals surface area contributed by atoms with E-state index in [1.54, 1.807) is 36.4 Å². The maximum absolute atomic E-state index is 12.6. The summed E-state index contributed by atoms with van der Waals surface area (Å²) in [5.74, 6) is 1.50. The third-order valence-corrected chi connectivity index (χ3v) is 7.85. The van der Waals surface area contributed by atoms with Gasteiger partial charge >= 0.3 is 7.75 Å². The number of hydrogen-bond acceptors (Lipinski definition) is 6. The number of H-pyrrole nitrogens is 1. The third-order valence-electron chi connectivity index (χ3n) is 6.18. The summed E-state index contributed by atoms with van der Waals surface area (Å²) in [5.41, 5.74) is 0.541. The molecular formula is C23H25ClN5O5P. The fourth-order valence-corrected chi connectivity index (χ4v) is 5.81. The number of nitrogens with one attached hydrogen (secondary N) is 1. The molecule has 1 aromatic carbocycles. The lowest BCUT2D eigenvalue weighted by Gasteiger charge is -2.29. The number of aromatic nitrogens is 5. The van der Waals surface area contributed by atoms with Gasteiger partial charge in [0.25, 0.3) is 5.56 Å². The zero-order chi connectivity index (χ0) is 24.4. The Morgan fingerprint density at radius 3 is 2.57 bits per heavy atom. The van der Waals surface area contributed by atoms with Crippen LogP contribution in [0.3, 0.4) is 0 Å². The molecule has 0 amide bonds.